The van der Waals surface area contributed by atoms with Gasteiger partial charge in [0.15, 0.2) is 5.78 Å². The van der Waals surface area contributed by atoms with Gasteiger partial charge in [-0.25, -0.2) is 0 Å². The third-order valence-corrected chi connectivity index (χ3v) is 5.04. The Morgan fingerprint density at radius 2 is 1.81 bits per heavy atom. The van der Waals surface area contributed by atoms with Gasteiger partial charge in [0.05, 0.1) is 13.2 Å². The van der Waals surface area contributed by atoms with Gasteiger partial charge >= 0.3 is 0 Å². The molecule has 1 aliphatic rings. The Morgan fingerprint density at radius 1 is 1.07 bits per heavy atom. The normalized spacial score (nSPS) is 15.1. The Morgan fingerprint density at radius 3 is 2.52 bits per heavy atom. The Bertz CT molecular complexity index is 787. The lowest BCUT2D eigenvalue weighted by atomic mass is 9.90. The standard InChI is InChI=1S/C23H26O4/c24-15-18-11-9-17(10-12-18)13-14-21(26)23-20(25)7-4-8-22(23)27-16-19-5-2-1-3-6-19/h4,7-14,19,24-25H,1-3,5-6,15-16H2/b14-13+. The molecular formula is C23H26O4. The van der Waals surface area contributed by atoms with E-state index in [1.165, 1.54) is 31.4 Å². The molecule has 4 heteroatoms. The third kappa shape index (κ3) is 5.20. The summed E-state index contributed by atoms with van der Waals surface area (Å²) in [6, 6.07) is 12.2. The van der Waals surface area contributed by atoms with Crippen molar-refractivity contribution in [1.29, 1.82) is 0 Å². The van der Waals surface area contributed by atoms with Crippen LogP contribution in [0.5, 0.6) is 11.5 Å². The van der Waals surface area contributed by atoms with Gasteiger partial charge in [-0.15, -0.1) is 0 Å². The number of hydrogen-bond acceptors (Lipinski definition) is 4. The zero-order valence-electron chi connectivity index (χ0n) is 15.4. The first-order valence-corrected chi connectivity index (χ1v) is 9.54. The second kappa shape index (κ2) is 9.38. The molecule has 0 heterocycles. The van der Waals surface area contributed by atoms with Gasteiger partial charge in [0.1, 0.15) is 17.1 Å². The van der Waals surface area contributed by atoms with E-state index in [0.29, 0.717) is 18.3 Å². The number of allylic oxidation sites excluding steroid dienone is 1. The number of phenolic OH excluding ortho intramolecular Hbond substituents is 1. The number of hydrogen-bond donors (Lipinski definition) is 2. The summed E-state index contributed by atoms with van der Waals surface area (Å²) in [7, 11) is 0. The van der Waals surface area contributed by atoms with Crippen molar-refractivity contribution >= 4 is 11.9 Å². The number of aliphatic hydroxyl groups is 1. The maximum absolute atomic E-state index is 12.7. The van der Waals surface area contributed by atoms with Crippen LogP contribution in [0.25, 0.3) is 6.08 Å². The zero-order chi connectivity index (χ0) is 19.1. The number of ether oxygens (including phenoxy) is 1. The minimum atomic E-state index is -0.294. The summed E-state index contributed by atoms with van der Waals surface area (Å²) < 4.78 is 5.92. The molecule has 142 valence electrons. The molecule has 3 rings (SSSR count). The number of ketones is 1. The highest BCUT2D eigenvalue weighted by molar-refractivity contribution is 6.10. The van der Waals surface area contributed by atoms with Crippen molar-refractivity contribution < 1.29 is 19.7 Å². The van der Waals surface area contributed by atoms with Crippen molar-refractivity contribution in [1.82, 2.24) is 0 Å². The number of rotatable bonds is 7. The van der Waals surface area contributed by atoms with Crippen LogP contribution in [-0.4, -0.2) is 22.6 Å². The maximum atomic E-state index is 12.7. The number of aliphatic hydroxyl groups excluding tert-OH is 1. The molecule has 2 aromatic rings. The van der Waals surface area contributed by atoms with E-state index in [1.54, 1.807) is 18.2 Å². The van der Waals surface area contributed by atoms with Crippen LogP contribution >= 0.6 is 0 Å². The van der Waals surface area contributed by atoms with Crippen molar-refractivity contribution in [2.24, 2.45) is 5.92 Å². The molecule has 1 saturated carbocycles. The minimum absolute atomic E-state index is 0.0114. The highest BCUT2D eigenvalue weighted by Gasteiger charge is 2.18. The summed E-state index contributed by atoms with van der Waals surface area (Å²) in [4.78, 5) is 12.7. The lowest BCUT2D eigenvalue weighted by molar-refractivity contribution is 0.103. The topological polar surface area (TPSA) is 66.8 Å². The molecule has 0 atom stereocenters. The van der Waals surface area contributed by atoms with Gasteiger partial charge in [0.2, 0.25) is 0 Å². The third-order valence-electron chi connectivity index (χ3n) is 5.04. The smallest absolute Gasteiger partial charge is 0.193 e. The molecule has 0 aromatic heterocycles. The van der Waals surface area contributed by atoms with E-state index in [2.05, 4.69) is 0 Å². The van der Waals surface area contributed by atoms with E-state index in [-0.39, 0.29) is 23.7 Å². The Hall–Kier alpha value is -2.59. The predicted molar refractivity (Wildman–Crippen MR) is 106 cm³/mol. The second-order valence-electron chi connectivity index (χ2n) is 7.06. The maximum Gasteiger partial charge on any atom is 0.193 e. The molecule has 1 aliphatic carbocycles. The number of benzene rings is 2. The van der Waals surface area contributed by atoms with E-state index in [9.17, 15) is 9.90 Å². The fourth-order valence-electron chi connectivity index (χ4n) is 3.44. The summed E-state index contributed by atoms with van der Waals surface area (Å²) in [6.07, 6.45) is 9.21. The van der Waals surface area contributed by atoms with Crippen LogP contribution in [0, 0.1) is 5.92 Å². The van der Waals surface area contributed by atoms with Crippen molar-refractivity contribution in [3.8, 4) is 11.5 Å². The first-order chi connectivity index (χ1) is 13.2. The first kappa shape index (κ1) is 19.2. The van der Waals surface area contributed by atoms with E-state index >= 15 is 0 Å². The van der Waals surface area contributed by atoms with Crippen LogP contribution in [-0.2, 0) is 6.61 Å². The Balaban J connectivity index is 1.71. The minimum Gasteiger partial charge on any atom is -0.507 e. The van der Waals surface area contributed by atoms with Crippen LogP contribution < -0.4 is 4.74 Å². The van der Waals surface area contributed by atoms with Crippen LogP contribution in [0.4, 0.5) is 0 Å². The van der Waals surface area contributed by atoms with Crippen molar-refractivity contribution in [2.45, 2.75) is 38.7 Å². The number of carbonyl (C=O) groups excluding carboxylic acids is 1. The average molecular weight is 366 g/mol. The van der Waals surface area contributed by atoms with Gasteiger partial charge in [-0.1, -0.05) is 55.7 Å². The Labute approximate surface area is 160 Å². The van der Waals surface area contributed by atoms with Crippen LogP contribution in [0.2, 0.25) is 0 Å². The molecule has 0 bridgehead atoms. The van der Waals surface area contributed by atoms with Crippen LogP contribution in [0.1, 0.15) is 53.6 Å². The van der Waals surface area contributed by atoms with E-state index in [4.69, 9.17) is 9.84 Å². The summed E-state index contributed by atoms with van der Waals surface area (Å²) >= 11 is 0. The number of aromatic hydroxyl groups is 1. The van der Waals surface area contributed by atoms with Gasteiger partial charge in [-0.2, -0.15) is 0 Å². The quantitative estimate of drug-likeness (QED) is 0.549. The lowest BCUT2D eigenvalue weighted by Crippen LogP contribution is -2.16. The Kier molecular flexibility index (Phi) is 6.66. The fraction of sp³-hybridized carbons (Fsp3) is 0.348. The summed E-state index contributed by atoms with van der Waals surface area (Å²) in [5.41, 5.74) is 1.87. The molecular weight excluding hydrogens is 340 g/mol. The lowest BCUT2D eigenvalue weighted by Gasteiger charge is -2.22. The van der Waals surface area contributed by atoms with Gasteiger partial charge < -0.3 is 14.9 Å². The summed E-state index contributed by atoms with van der Waals surface area (Å²) in [6.45, 7) is 0.568. The monoisotopic (exact) mass is 366 g/mol. The van der Waals surface area contributed by atoms with Gasteiger partial charge in [-0.05, 0) is 48.1 Å². The SMILES string of the molecule is O=C(/C=C/c1ccc(CO)cc1)c1c(O)cccc1OCC1CCCCC1. The highest BCUT2D eigenvalue weighted by Crippen LogP contribution is 2.30. The largest absolute Gasteiger partial charge is 0.507 e. The van der Waals surface area contributed by atoms with E-state index in [0.717, 1.165) is 24.0 Å². The van der Waals surface area contributed by atoms with Crippen molar-refractivity contribution in [2.75, 3.05) is 6.61 Å². The second-order valence-corrected chi connectivity index (χ2v) is 7.06. The molecule has 27 heavy (non-hydrogen) atoms. The highest BCUT2D eigenvalue weighted by atomic mass is 16.5. The van der Waals surface area contributed by atoms with Crippen LogP contribution in [0.15, 0.2) is 48.5 Å². The van der Waals surface area contributed by atoms with E-state index in [1.807, 2.05) is 24.3 Å². The molecule has 1 fully saturated rings. The zero-order valence-corrected chi connectivity index (χ0v) is 15.4. The molecule has 0 radical (unpaired) electrons. The van der Waals surface area contributed by atoms with Crippen molar-refractivity contribution in [3.05, 3.63) is 65.2 Å². The average Bonchev–Trinajstić information content (AvgIpc) is 2.71. The van der Waals surface area contributed by atoms with E-state index < -0.39 is 0 Å². The first-order valence-electron chi connectivity index (χ1n) is 9.54. The number of phenols is 1. The fourth-order valence-corrected chi connectivity index (χ4v) is 3.44. The van der Waals surface area contributed by atoms with Crippen LogP contribution in [0.3, 0.4) is 0 Å². The summed E-state index contributed by atoms with van der Waals surface area (Å²) in [5, 5.41) is 19.3. The summed E-state index contributed by atoms with van der Waals surface area (Å²) in [5.74, 6) is 0.592. The van der Waals surface area contributed by atoms with Gasteiger partial charge in [0.25, 0.3) is 0 Å². The molecule has 0 unspecified atom stereocenters. The number of carbonyl (C=O) groups is 1. The molecule has 2 aromatic carbocycles. The molecule has 0 amide bonds. The molecule has 2 N–H and O–H groups in total. The molecule has 0 saturated heterocycles. The molecule has 4 nitrogen and oxygen atoms in total. The van der Waals surface area contributed by atoms with Crippen molar-refractivity contribution in [3.63, 3.8) is 0 Å². The van der Waals surface area contributed by atoms with Gasteiger partial charge in [0, 0.05) is 0 Å². The predicted octanol–water partition coefficient (Wildman–Crippen LogP) is 4.74. The van der Waals surface area contributed by atoms with Gasteiger partial charge in [-0.3, -0.25) is 4.79 Å². The molecule has 0 aliphatic heterocycles. The molecule has 0 spiro atoms.